The van der Waals surface area contributed by atoms with E-state index >= 15 is 0 Å². The van der Waals surface area contributed by atoms with E-state index < -0.39 is 6.04 Å². The molecule has 3 atom stereocenters. The second-order valence-electron chi connectivity index (χ2n) is 5.46. The number of amides is 1. The summed E-state index contributed by atoms with van der Waals surface area (Å²) in [5.74, 6) is 0.0378. The van der Waals surface area contributed by atoms with Crippen LogP contribution in [0.1, 0.15) is 38.3 Å². The van der Waals surface area contributed by atoms with Crippen molar-refractivity contribution in [3.63, 3.8) is 0 Å². The first-order chi connectivity index (χ1) is 9.63. The summed E-state index contributed by atoms with van der Waals surface area (Å²) < 4.78 is 5.73. The topological polar surface area (TPSA) is 55.6 Å². The molecule has 0 bridgehead atoms. The zero-order chi connectivity index (χ0) is 14.5. The van der Waals surface area contributed by atoms with E-state index in [1.165, 1.54) is 0 Å². The first-order valence-electron chi connectivity index (χ1n) is 7.36. The highest BCUT2D eigenvalue weighted by molar-refractivity contribution is 5.82. The number of rotatable bonds is 4. The highest BCUT2D eigenvalue weighted by atomic mass is 16.5. The van der Waals surface area contributed by atoms with E-state index in [0.29, 0.717) is 13.2 Å². The van der Waals surface area contributed by atoms with Crippen molar-refractivity contribution in [1.29, 1.82) is 0 Å². The molecule has 1 heterocycles. The fourth-order valence-corrected chi connectivity index (χ4v) is 2.64. The number of benzene rings is 1. The SMILES string of the molecule is CCCC(N)C(=O)N1CC(C)OCC1c1ccccc1. The fraction of sp³-hybridized carbons (Fsp3) is 0.562. The number of hydrogen-bond acceptors (Lipinski definition) is 3. The molecule has 20 heavy (non-hydrogen) atoms. The van der Waals surface area contributed by atoms with Gasteiger partial charge in [-0.15, -0.1) is 0 Å². The van der Waals surface area contributed by atoms with E-state index in [9.17, 15) is 4.79 Å². The van der Waals surface area contributed by atoms with Gasteiger partial charge in [-0.05, 0) is 18.9 Å². The molecular formula is C16H24N2O2. The van der Waals surface area contributed by atoms with Gasteiger partial charge in [-0.3, -0.25) is 4.79 Å². The minimum absolute atomic E-state index is 0.0252. The Bertz CT molecular complexity index is 435. The fourth-order valence-electron chi connectivity index (χ4n) is 2.64. The van der Waals surface area contributed by atoms with Gasteiger partial charge in [0.25, 0.3) is 0 Å². The van der Waals surface area contributed by atoms with E-state index in [4.69, 9.17) is 10.5 Å². The zero-order valence-electron chi connectivity index (χ0n) is 12.3. The third-order valence-corrected chi connectivity index (χ3v) is 3.75. The Labute approximate surface area is 120 Å². The lowest BCUT2D eigenvalue weighted by Crippen LogP contribution is -2.52. The van der Waals surface area contributed by atoms with Crippen molar-refractivity contribution in [2.75, 3.05) is 13.2 Å². The molecule has 0 aromatic heterocycles. The molecule has 4 heteroatoms. The van der Waals surface area contributed by atoms with E-state index in [-0.39, 0.29) is 18.1 Å². The molecule has 2 rings (SSSR count). The predicted octanol–water partition coefficient (Wildman–Crippen LogP) is 2.10. The van der Waals surface area contributed by atoms with Crippen LogP contribution in [0.25, 0.3) is 0 Å². The second-order valence-corrected chi connectivity index (χ2v) is 5.46. The van der Waals surface area contributed by atoms with Crippen molar-refractivity contribution in [3.8, 4) is 0 Å². The molecule has 1 saturated heterocycles. The van der Waals surface area contributed by atoms with Gasteiger partial charge >= 0.3 is 0 Å². The van der Waals surface area contributed by atoms with Crippen molar-refractivity contribution >= 4 is 5.91 Å². The van der Waals surface area contributed by atoms with Gasteiger partial charge in [0, 0.05) is 6.54 Å². The largest absolute Gasteiger partial charge is 0.374 e. The first kappa shape index (κ1) is 15.0. The van der Waals surface area contributed by atoms with Gasteiger partial charge in [0.05, 0.1) is 24.8 Å². The maximum atomic E-state index is 12.6. The van der Waals surface area contributed by atoms with Crippen molar-refractivity contribution in [2.24, 2.45) is 5.73 Å². The summed E-state index contributed by atoms with van der Waals surface area (Å²) in [5.41, 5.74) is 7.12. The highest BCUT2D eigenvalue weighted by Gasteiger charge is 2.33. The number of morpholine rings is 1. The number of nitrogens with zero attached hydrogens (tertiary/aromatic N) is 1. The maximum absolute atomic E-state index is 12.6. The van der Waals surface area contributed by atoms with Crippen molar-refractivity contribution < 1.29 is 9.53 Å². The summed E-state index contributed by atoms with van der Waals surface area (Å²) >= 11 is 0. The molecule has 2 N–H and O–H groups in total. The van der Waals surface area contributed by atoms with Crippen LogP contribution < -0.4 is 5.73 Å². The summed E-state index contributed by atoms with van der Waals surface area (Å²) in [6.07, 6.45) is 1.71. The van der Waals surface area contributed by atoms with Crippen LogP contribution in [0.5, 0.6) is 0 Å². The summed E-state index contributed by atoms with van der Waals surface area (Å²) in [4.78, 5) is 14.5. The standard InChI is InChI=1S/C16H24N2O2/c1-3-7-14(17)16(19)18-10-12(2)20-11-15(18)13-8-5-4-6-9-13/h4-6,8-9,12,14-15H,3,7,10-11,17H2,1-2H3. The number of carbonyl (C=O) groups excluding carboxylic acids is 1. The van der Waals surface area contributed by atoms with Gasteiger partial charge in [-0.25, -0.2) is 0 Å². The molecule has 1 aromatic rings. The number of nitrogens with two attached hydrogens (primary N) is 1. The molecule has 4 nitrogen and oxygen atoms in total. The van der Waals surface area contributed by atoms with E-state index in [2.05, 4.69) is 0 Å². The van der Waals surface area contributed by atoms with Gasteiger partial charge in [0.2, 0.25) is 5.91 Å². The molecule has 3 unspecified atom stereocenters. The lowest BCUT2D eigenvalue weighted by atomic mass is 10.0. The lowest BCUT2D eigenvalue weighted by Gasteiger charge is -2.40. The summed E-state index contributed by atoms with van der Waals surface area (Å²) in [5, 5.41) is 0. The van der Waals surface area contributed by atoms with Crippen LogP contribution in [0, 0.1) is 0 Å². The Kier molecular flexibility index (Phi) is 5.15. The Morgan fingerprint density at radius 1 is 1.45 bits per heavy atom. The molecule has 0 radical (unpaired) electrons. The first-order valence-corrected chi connectivity index (χ1v) is 7.36. The summed E-state index contributed by atoms with van der Waals surface area (Å²) in [6.45, 7) is 5.18. The Morgan fingerprint density at radius 3 is 2.80 bits per heavy atom. The van der Waals surface area contributed by atoms with E-state index in [0.717, 1.165) is 18.4 Å². The highest BCUT2D eigenvalue weighted by Crippen LogP contribution is 2.27. The average molecular weight is 276 g/mol. The molecule has 0 aliphatic carbocycles. The monoisotopic (exact) mass is 276 g/mol. The van der Waals surface area contributed by atoms with Gasteiger partial charge in [-0.2, -0.15) is 0 Å². The van der Waals surface area contributed by atoms with Crippen molar-refractivity contribution in [3.05, 3.63) is 35.9 Å². The number of hydrogen-bond donors (Lipinski definition) is 1. The quantitative estimate of drug-likeness (QED) is 0.916. The molecule has 1 aliphatic heterocycles. The molecule has 1 aromatic carbocycles. The second kappa shape index (κ2) is 6.86. The minimum atomic E-state index is -0.406. The molecule has 1 fully saturated rings. The molecular weight excluding hydrogens is 252 g/mol. The van der Waals surface area contributed by atoms with Crippen LogP contribution in [0.3, 0.4) is 0 Å². The summed E-state index contributed by atoms with van der Waals surface area (Å²) in [6, 6.07) is 9.60. The van der Waals surface area contributed by atoms with E-state index in [1.807, 2.05) is 49.1 Å². The van der Waals surface area contributed by atoms with Crippen LogP contribution in [0.2, 0.25) is 0 Å². The Hall–Kier alpha value is -1.39. The third kappa shape index (κ3) is 3.38. The summed E-state index contributed by atoms with van der Waals surface area (Å²) in [7, 11) is 0. The molecule has 0 saturated carbocycles. The predicted molar refractivity (Wildman–Crippen MR) is 79.2 cm³/mol. The average Bonchev–Trinajstić information content (AvgIpc) is 2.47. The molecule has 1 amide bonds. The van der Waals surface area contributed by atoms with Gasteiger partial charge in [0.15, 0.2) is 0 Å². The Morgan fingerprint density at radius 2 is 2.15 bits per heavy atom. The lowest BCUT2D eigenvalue weighted by molar-refractivity contribution is -0.146. The van der Waals surface area contributed by atoms with Crippen LogP contribution >= 0.6 is 0 Å². The Balaban J connectivity index is 2.18. The van der Waals surface area contributed by atoms with Crippen LogP contribution in [0.15, 0.2) is 30.3 Å². The molecule has 110 valence electrons. The van der Waals surface area contributed by atoms with Crippen LogP contribution in [0.4, 0.5) is 0 Å². The van der Waals surface area contributed by atoms with Crippen molar-refractivity contribution in [2.45, 2.75) is 44.9 Å². The van der Waals surface area contributed by atoms with Crippen LogP contribution in [-0.2, 0) is 9.53 Å². The normalized spacial score (nSPS) is 24.4. The van der Waals surface area contributed by atoms with Gasteiger partial charge < -0.3 is 15.4 Å². The van der Waals surface area contributed by atoms with Gasteiger partial charge in [0.1, 0.15) is 0 Å². The number of ether oxygens (including phenoxy) is 1. The third-order valence-electron chi connectivity index (χ3n) is 3.75. The van der Waals surface area contributed by atoms with Crippen LogP contribution in [-0.4, -0.2) is 36.1 Å². The minimum Gasteiger partial charge on any atom is -0.374 e. The van der Waals surface area contributed by atoms with E-state index in [1.54, 1.807) is 0 Å². The molecule has 0 spiro atoms. The smallest absolute Gasteiger partial charge is 0.240 e. The van der Waals surface area contributed by atoms with Gasteiger partial charge in [-0.1, -0.05) is 43.7 Å². The maximum Gasteiger partial charge on any atom is 0.240 e. The molecule has 1 aliphatic rings. The van der Waals surface area contributed by atoms with Crippen molar-refractivity contribution in [1.82, 2.24) is 4.90 Å². The number of carbonyl (C=O) groups is 1. The zero-order valence-corrected chi connectivity index (χ0v) is 12.3.